The third-order valence-corrected chi connectivity index (χ3v) is 2.69. The lowest BCUT2D eigenvalue weighted by Crippen LogP contribution is -2.38. The Balaban J connectivity index is 2.51. The van der Waals surface area contributed by atoms with Gasteiger partial charge in [-0.1, -0.05) is 6.08 Å². The van der Waals surface area contributed by atoms with Gasteiger partial charge in [-0.15, -0.1) is 0 Å². The molecule has 4 heteroatoms. The van der Waals surface area contributed by atoms with Crippen LogP contribution in [-0.2, 0) is 9.59 Å². The van der Waals surface area contributed by atoms with E-state index in [2.05, 4.69) is 5.32 Å². The van der Waals surface area contributed by atoms with Crippen LogP contribution in [0.1, 0.15) is 33.1 Å². The van der Waals surface area contributed by atoms with Crippen LogP contribution in [0.5, 0.6) is 0 Å². The number of hydrogen-bond acceptors (Lipinski definition) is 2. The average molecular weight is 211 g/mol. The summed E-state index contributed by atoms with van der Waals surface area (Å²) in [5, 5.41) is 11.5. The van der Waals surface area contributed by atoms with Crippen molar-refractivity contribution in [2.45, 2.75) is 39.2 Å². The molecule has 0 aromatic heterocycles. The highest BCUT2D eigenvalue weighted by Crippen LogP contribution is 2.34. The summed E-state index contributed by atoms with van der Waals surface area (Å²) in [6, 6.07) is -0.204. The van der Waals surface area contributed by atoms with Crippen LogP contribution in [0, 0.1) is 5.92 Å². The molecular formula is C11H17NO3. The van der Waals surface area contributed by atoms with Crippen molar-refractivity contribution in [3.63, 3.8) is 0 Å². The molecule has 0 heterocycles. The molecule has 1 aliphatic rings. The van der Waals surface area contributed by atoms with Crippen LogP contribution in [0.2, 0.25) is 0 Å². The SMILES string of the molecule is C/C=C(\C)C(=O)NC(CC(=O)O)C1CC1. The summed E-state index contributed by atoms with van der Waals surface area (Å²) in [6.45, 7) is 3.51. The maximum atomic E-state index is 11.5. The van der Waals surface area contributed by atoms with Crippen molar-refractivity contribution in [2.24, 2.45) is 5.92 Å². The number of carboxylic acid groups (broad SMARTS) is 1. The number of rotatable bonds is 5. The van der Waals surface area contributed by atoms with Gasteiger partial charge in [0.2, 0.25) is 5.91 Å². The Morgan fingerprint density at radius 1 is 1.53 bits per heavy atom. The molecule has 1 unspecified atom stereocenters. The molecule has 0 radical (unpaired) electrons. The number of aliphatic carboxylic acids is 1. The molecule has 0 spiro atoms. The third kappa shape index (κ3) is 3.73. The zero-order valence-electron chi connectivity index (χ0n) is 9.12. The largest absolute Gasteiger partial charge is 0.481 e. The van der Waals surface area contributed by atoms with Gasteiger partial charge in [-0.2, -0.15) is 0 Å². The minimum absolute atomic E-state index is 0.0212. The first-order valence-corrected chi connectivity index (χ1v) is 5.20. The van der Waals surface area contributed by atoms with Crippen molar-refractivity contribution < 1.29 is 14.7 Å². The summed E-state index contributed by atoms with van der Waals surface area (Å²) in [6.07, 6.45) is 3.79. The number of allylic oxidation sites excluding steroid dienone is 1. The quantitative estimate of drug-likeness (QED) is 0.674. The molecule has 1 amide bonds. The maximum Gasteiger partial charge on any atom is 0.305 e. The van der Waals surface area contributed by atoms with E-state index >= 15 is 0 Å². The van der Waals surface area contributed by atoms with E-state index in [1.807, 2.05) is 0 Å². The molecule has 84 valence electrons. The summed E-state index contributed by atoms with van der Waals surface area (Å²) in [5.74, 6) is -0.657. The standard InChI is InChI=1S/C11H17NO3/c1-3-7(2)11(15)12-9(6-10(13)14)8-4-5-8/h3,8-9H,4-6H2,1-2H3,(H,12,15)(H,13,14)/b7-3+. The molecule has 1 rings (SSSR count). The molecular weight excluding hydrogens is 194 g/mol. The second-order valence-electron chi connectivity index (χ2n) is 3.99. The highest BCUT2D eigenvalue weighted by Gasteiger charge is 2.33. The summed E-state index contributed by atoms with van der Waals surface area (Å²) in [5.41, 5.74) is 0.631. The monoisotopic (exact) mass is 211 g/mol. The van der Waals surface area contributed by atoms with Crippen LogP contribution >= 0.6 is 0 Å². The molecule has 2 N–H and O–H groups in total. The minimum atomic E-state index is -0.856. The first kappa shape index (κ1) is 11.8. The molecule has 1 atom stereocenters. The fraction of sp³-hybridized carbons (Fsp3) is 0.636. The van der Waals surface area contributed by atoms with E-state index in [0.29, 0.717) is 11.5 Å². The number of carboxylic acids is 1. The average Bonchev–Trinajstić information content (AvgIpc) is 2.97. The number of amides is 1. The molecule has 1 fully saturated rings. The van der Waals surface area contributed by atoms with Gasteiger partial charge in [-0.25, -0.2) is 0 Å². The van der Waals surface area contributed by atoms with E-state index in [1.165, 1.54) is 0 Å². The smallest absolute Gasteiger partial charge is 0.305 e. The van der Waals surface area contributed by atoms with Crippen LogP contribution in [0.4, 0.5) is 0 Å². The molecule has 0 bridgehead atoms. The van der Waals surface area contributed by atoms with Crippen LogP contribution in [-0.4, -0.2) is 23.0 Å². The van der Waals surface area contributed by atoms with Crippen molar-refractivity contribution in [2.75, 3.05) is 0 Å². The maximum absolute atomic E-state index is 11.5. The van der Waals surface area contributed by atoms with E-state index in [-0.39, 0.29) is 18.4 Å². The van der Waals surface area contributed by atoms with Gasteiger partial charge in [-0.05, 0) is 32.6 Å². The summed E-state index contributed by atoms with van der Waals surface area (Å²) in [4.78, 5) is 22.1. The van der Waals surface area contributed by atoms with Gasteiger partial charge in [0, 0.05) is 11.6 Å². The second kappa shape index (κ2) is 4.96. The van der Waals surface area contributed by atoms with Crippen molar-refractivity contribution in [1.82, 2.24) is 5.32 Å². The van der Waals surface area contributed by atoms with Gasteiger partial charge in [0.15, 0.2) is 0 Å². The van der Waals surface area contributed by atoms with E-state index in [1.54, 1.807) is 19.9 Å². The third-order valence-electron chi connectivity index (χ3n) is 2.69. The Labute approximate surface area is 89.4 Å². The van der Waals surface area contributed by atoms with Crippen LogP contribution in [0.3, 0.4) is 0 Å². The normalized spacial score (nSPS) is 18.4. The van der Waals surface area contributed by atoms with Gasteiger partial charge in [-0.3, -0.25) is 9.59 Å². The topological polar surface area (TPSA) is 66.4 Å². The first-order chi connectivity index (χ1) is 7.04. The van der Waals surface area contributed by atoms with Crippen LogP contribution in [0.15, 0.2) is 11.6 Å². The van der Waals surface area contributed by atoms with Gasteiger partial charge < -0.3 is 10.4 Å². The van der Waals surface area contributed by atoms with E-state index in [4.69, 9.17) is 5.11 Å². The lowest BCUT2D eigenvalue weighted by atomic mass is 10.1. The fourth-order valence-corrected chi connectivity index (χ4v) is 1.44. The van der Waals surface area contributed by atoms with Crippen LogP contribution < -0.4 is 5.32 Å². The van der Waals surface area contributed by atoms with Crippen molar-refractivity contribution in [3.8, 4) is 0 Å². The second-order valence-corrected chi connectivity index (χ2v) is 3.99. The molecule has 0 aromatic rings. The van der Waals surface area contributed by atoms with E-state index in [0.717, 1.165) is 12.8 Å². The van der Waals surface area contributed by atoms with E-state index in [9.17, 15) is 9.59 Å². The predicted molar refractivity (Wildman–Crippen MR) is 56.3 cm³/mol. The minimum Gasteiger partial charge on any atom is -0.481 e. The van der Waals surface area contributed by atoms with E-state index < -0.39 is 5.97 Å². The van der Waals surface area contributed by atoms with Crippen molar-refractivity contribution in [3.05, 3.63) is 11.6 Å². The number of hydrogen-bond donors (Lipinski definition) is 2. The molecule has 1 aliphatic carbocycles. The highest BCUT2D eigenvalue weighted by molar-refractivity contribution is 5.93. The Bertz CT molecular complexity index is 292. The molecule has 15 heavy (non-hydrogen) atoms. The lowest BCUT2D eigenvalue weighted by Gasteiger charge is -2.16. The Morgan fingerprint density at radius 3 is 2.53 bits per heavy atom. The summed E-state index contributed by atoms with van der Waals surface area (Å²) in [7, 11) is 0. The van der Waals surface area contributed by atoms with Gasteiger partial charge >= 0.3 is 5.97 Å². The van der Waals surface area contributed by atoms with Crippen molar-refractivity contribution >= 4 is 11.9 Å². The van der Waals surface area contributed by atoms with Crippen LogP contribution in [0.25, 0.3) is 0 Å². The molecule has 1 saturated carbocycles. The van der Waals surface area contributed by atoms with Gasteiger partial charge in [0.05, 0.1) is 6.42 Å². The molecule has 4 nitrogen and oxygen atoms in total. The van der Waals surface area contributed by atoms with Crippen molar-refractivity contribution in [1.29, 1.82) is 0 Å². The Kier molecular flexibility index (Phi) is 3.88. The predicted octanol–water partition coefficient (Wildman–Crippen LogP) is 1.32. The zero-order chi connectivity index (χ0) is 11.4. The molecule has 0 aliphatic heterocycles. The Morgan fingerprint density at radius 2 is 2.13 bits per heavy atom. The van der Waals surface area contributed by atoms with Gasteiger partial charge in [0.25, 0.3) is 0 Å². The summed E-state index contributed by atoms with van der Waals surface area (Å²) >= 11 is 0. The highest BCUT2D eigenvalue weighted by atomic mass is 16.4. The number of carbonyl (C=O) groups is 2. The summed E-state index contributed by atoms with van der Waals surface area (Å²) < 4.78 is 0. The first-order valence-electron chi connectivity index (χ1n) is 5.20. The van der Waals surface area contributed by atoms with Gasteiger partial charge in [0.1, 0.15) is 0 Å². The number of carbonyl (C=O) groups excluding carboxylic acids is 1. The molecule has 0 aromatic carbocycles. The molecule has 0 saturated heterocycles. The number of nitrogens with one attached hydrogen (secondary N) is 1. The Hall–Kier alpha value is -1.32. The lowest BCUT2D eigenvalue weighted by molar-refractivity contribution is -0.137. The zero-order valence-corrected chi connectivity index (χ0v) is 9.12. The fourth-order valence-electron chi connectivity index (χ4n) is 1.44.